The molecule has 1 aromatic heterocycles. The summed E-state index contributed by atoms with van der Waals surface area (Å²) in [6.45, 7) is 5.39. The maximum absolute atomic E-state index is 5.80. The molecule has 0 atom stereocenters. The van der Waals surface area contributed by atoms with Gasteiger partial charge in [-0.25, -0.2) is 0 Å². The average Bonchev–Trinajstić information content (AvgIpc) is 3.05. The number of aromatic nitrogens is 4. The highest BCUT2D eigenvalue weighted by atomic mass is 16.5. The van der Waals surface area contributed by atoms with E-state index < -0.39 is 0 Å². The minimum Gasteiger partial charge on any atom is -0.491 e. The Labute approximate surface area is 141 Å². The Morgan fingerprint density at radius 2 is 1.83 bits per heavy atom. The van der Waals surface area contributed by atoms with Gasteiger partial charge in [0, 0.05) is 0 Å². The van der Waals surface area contributed by atoms with E-state index in [2.05, 4.69) is 27.5 Å². The first kappa shape index (κ1) is 16.0. The maximum atomic E-state index is 5.80. The van der Waals surface area contributed by atoms with Gasteiger partial charge in [0.15, 0.2) is 6.61 Å². The SMILES string of the molecule is Cc1ccc(C)c(OCCn2nnc(COc3ccccc3)n2)c1. The summed E-state index contributed by atoms with van der Waals surface area (Å²) in [6, 6.07) is 15.7. The Balaban J connectivity index is 1.48. The van der Waals surface area contributed by atoms with E-state index in [1.165, 1.54) is 10.4 Å². The van der Waals surface area contributed by atoms with Crippen molar-refractivity contribution < 1.29 is 9.47 Å². The highest BCUT2D eigenvalue weighted by Crippen LogP contribution is 2.18. The van der Waals surface area contributed by atoms with Crippen LogP contribution in [0.4, 0.5) is 0 Å². The molecule has 0 spiro atoms. The van der Waals surface area contributed by atoms with Crippen LogP contribution in [0.3, 0.4) is 0 Å². The van der Waals surface area contributed by atoms with Crippen LogP contribution in [0, 0.1) is 13.8 Å². The summed E-state index contributed by atoms with van der Waals surface area (Å²) in [5.74, 6) is 2.22. The third-order valence-corrected chi connectivity index (χ3v) is 3.50. The zero-order valence-electron chi connectivity index (χ0n) is 13.8. The lowest BCUT2D eigenvalue weighted by atomic mass is 10.1. The van der Waals surface area contributed by atoms with Crippen LogP contribution in [0.2, 0.25) is 0 Å². The second-order valence-electron chi connectivity index (χ2n) is 5.52. The number of hydrogen-bond donors (Lipinski definition) is 0. The Morgan fingerprint density at radius 3 is 2.67 bits per heavy atom. The molecule has 0 unspecified atom stereocenters. The molecule has 6 nitrogen and oxygen atoms in total. The van der Waals surface area contributed by atoms with Crippen molar-refractivity contribution >= 4 is 0 Å². The van der Waals surface area contributed by atoms with Crippen LogP contribution in [0.15, 0.2) is 48.5 Å². The van der Waals surface area contributed by atoms with E-state index in [-0.39, 0.29) is 0 Å². The van der Waals surface area contributed by atoms with Crippen molar-refractivity contribution in [1.29, 1.82) is 0 Å². The average molecular weight is 324 g/mol. The van der Waals surface area contributed by atoms with Crippen molar-refractivity contribution in [3.8, 4) is 11.5 Å². The van der Waals surface area contributed by atoms with Gasteiger partial charge >= 0.3 is 0 Å². The van der Waals surface area contributed by atoms with E-state index in [0.717, 1.165) is 17.1 Å². The van der Waals surface area contributed by atoms with Crippen molar-refractivity contribution in [2.75, 3.05) is 6.61 Å². The van der Waals surface area contributed by atoms with Crippen LogP contribution in [-0.4, -0.2) is 26.8 Å². The molecule has 1 heterocycles. The number of ether oxygens (including phenoxy) is 2. The van der Waals surface area contributed by atoms with Gasteiger partial charge in [-0.2, -0.15) is 4.80 Å². The van der Waals surface area contributed by atoms with Crippen LogP contribution in [0.5, 0.6) is 11.5 Å². The molecule has 0 saturated heterocycles. The van der Waals surface area contributed by atoms with Gasteiger partial charge in [-0.3, -0.25) is 0 Å². The Hall–Kier alpha value is -2.89. The first-order valence-electron chi connectivity index (χ1n) is 7.85. The molecule has 24 heavy (non-hydrogen) atoms. The van der Waals surface area contributed by atoms with E-state index in [1.807, 2.05) is 50.2 Å². The molecule has 2 aromatic carbocycles. The number of tetrazole rings is 1. The molecular formula is C18H20N4O2. The highest BCUT2D eigenvalue weighted by molar-refractivity contribution is 5.35. The maximum Gasteiger partial charge on any atom is 0.212 e. The van der Waals surface area contributed by atoms with Gasteiger partial charge in [0.2, 0.25) is 5.82 Å². The van der Waals surface area contributed by atoms with E-state index >= 15 is 0 Å². The molecule has 0 fully saturated rings. The molecule has 0 N–H and O–H groups in total. The summed E-state index contributed by atoms with van der Waals surface area (Å²) in [5, 5.41) is 12.3. The summed E-state index contributed by atoms with van der Waals surface area (Å²) in [4.78, 5) is 1.52. The Kier molecular flexibility index (Phi) is 5.05. The molecule has 0 aliphatic heterocycles. The van der Waals surface area contributed by atoms with Crippen molar-refractivity contribution in [3.05, 3.63) is 65.5 Å². The number of nitrogens with zero attached hydrogens (tertiary/aromatic N) is 4. The summed E-state index contributed by atoms with van der Waals surface area (Å²) < 4.78 is 11.4. The van der Waals surface area contributed by atoms with E-state index in [4.69, 9.17) is 9.47 Å². The normalized spacial score (nSPS) is 10.6. The van der Waals surface area contributed by atoms with Gasteiger partial charge in [-0.1, -0.05) is 30.3 Å². The van der Waals surface area contributed by atoms with Gasteiger partial charge in [-0.05, 0) is 48.4 Å². The molecule has 6 heteroatoms. The van der Waals surface area contributed by atoms with Gasteiger partial charge in [0.1, 0.15) is 18.1 Å². The quantitative estimate of drug-likeness (QED) is 0.668. The molecule has 0 aliphatic carbocycles. The van der Waals surface area contributed by atoms with Gasteiger partial charge in [0.05, 0.1) is 6.54 Å². The van der Waals surface area contributed by atoms with Crippen LogP contribution in [0.25, 0.3) is 0 Å². The highest BCUT2D eigenvalue weighted by Gasteiger charge is 2.05. The predicted octanol–water partition coefficient (Wildman–Crippen LogP) is 2.95. The van der Waals surface area contributed by atoms with Crippen molar-refractivity contribution in [2.45, 2.75) is 27.0 Å². The molecule has 0 amide bonds. The van der Waals surface area contributed by atoms with Gasteiger partial charge in [0.25, 0.3) is 0 Å². The molecule has 0 aliphatic rings. The molecule has 124 valence electrons. The Bertz CT molecular complexity index is 787. The van der Waals surface area contributed by atoms with Crippen LogP contribution in [0.1, 0.15) is 17.0 Å². The molecule has 0 bridgehead atoms. The second-order valence-corrected chi connectivity index (χ2v) is 5.52. The standard InChI is InChI=1S/C18H20N4O2/c1-14-8-9-15(2)17(12-14)23-11-10-22-20-18(19-21-22)13-24-16-6-4-3-5-7-16/h3-9,12H,10-11,13H2,1-2H3. The monoisotopic (exact) mass is 324 g/mol. The fourth-order valence-corrected chi connectivity index (χ4v) is 2.19. The van der Waals surface area contributed by atoms with Gasteiger partial charge < -0.3 is 9.47 Å². The minimum absolute atomic E-state index is 0.294. The summed E-state index contributed by atoms with van der Waals surface area (Å²) in [5.41, 5.74) is 2.29. The third-order valence-electron chi connectivity index (χ3n) is 3.50. The Morgan fingerprint density at radius 1 is 1.00 bits per heavy atom. The lowest BCUT2D eigenvalue weighted by molar-refractivity contribution is 0.275. The lowest BCUT2D eigenvalue weighted by Crippen LogP contribution is -2.12. The molecular weight excluding hydrogens is 304 g/mol. The van der Waals surface area contributed by atoms with Crippen molar-refractivity contribution in [3.63, 3.8) is 0 Å². The molecule has 3 rings (SSSR count). The number of aryl methyl sites for hydroxylation is 2. The first-order chi connectivity index (χ1) is 11.7. The first-order valence-corrected chi connectivity index (χ1v) is 7.85. The van der Waals surface area contributed by atoms with E-state index in [9.17, 15) is 0 Å². The topological polar surface area (TPSA) is 62.1 Å². The molecule has 0 radical (unpaired) electrons. The minimum atomic E-state index is 0.294. The van der Waals surface area contributed by atoms with E-state index in [1.54, 1.807) is 0 Å². The summed E-state index contributed by atoms with van der Waals surface area (Å²) in [6.07, 6.45) is 0. The lowest BCUT2D eigenvalue weighted by Gasteiger charge is -2.09. The van der Waals surface area contributed by atoms with Crippen LogP contribution in [-0.2, 0) is 13.2 Å². The third kappa shape index (κ3) is 4.32. The summed E-state index contributed by atoms with van der Waals surface area (Å²) >= 11 is 0. The fourth-order valence-electron chi connectivity index (χ4n) is 2.19. The zero-order chi connectivity index (χ0) is 16.8. The fraction of sp³-hybridized carbons (Fsp3) is 0.278. The van der Waals surface area contributed by atoms with Crippen LogP contribution < -0.4 is 9.47 Å². The number of para-hydroxylation sites is 1. The van der Waals surface area contributed by atoms with E-state index in [0.29, 0.717) is 25.6 Å². The van der Waals surface area contributed by atoms with Crippen LogP contribution >= 0.6 is 0 Å². The molecule has 3 aromatic rings. The summed E-state index contributed by atoms with van der Waals surface area (Å²) in [7, 11) is 0. The largest absolute Gasteiger partial charge is 0.491 e. The predicted molar refractivity (Wildman–Crippen MR) is 90.0 cm³/mol. The zero-order valence-corrected chi connectivity index (χ0v) is 13.8. The second kappa shape index (κ2) is 7.59. The molecule has 0 saturated carbocycles. The number of hydrogen-bond acceptors (Lipinski definition) is 5. The van der Waals surface area contributed by atoms with Crippen molar-refractivity contribution in [1.82, 2.24) is 20.2 Å². The smallest absolute Gasteiger partial charge is 0.212 e. The number of rotatable bonds is 7. The van der Waals surface area contributed by atoms with Crippen molar-refractivity contribution in [2.24, 2.45) is 0 Å². The van der Waals surface area contributed by atoms with Gasteiger partial charge in [-0.15, -0.1) is 10.2 Å². The number of benzene rings is 2.